The van der Waals surface area contributed by atoms with E-state index >= 15 is 0 Å². The van der Waals surface area contributed by atoms with Crippen molar-refractivity contribution >= 4 is 0 Å². The Morgan fingerprint density at radius 2 is 2.50 bits per heavy atom. The molecule has 1 fully saturated rings. The van der Waals surface area contributed by atoms with Gasteiger partial charge in [-0.1, -0.05) is 0 Å². The average Bonchev–Trinajstić information content (AvgIpc) is 2.75. The van der Waals surface area contributed by atoms with Gasteiger partial charge in [0.05, 0.1) is 6.20 Å². The molecule has 1 aromatic heterocycles. The minimum atomic E-state index is 0.267. The number of nitrogens with zero attached hydrogens (tertiary/aromatic N) is 2. The maximum Gasteiger partial charge on any atom is 0.138 e. The smallest absolute Gasteiger partial charge is 0.138 e. The van der Waals surface area contributed by atoms with Crippen LogP contribution in [0, 0.1) is 0 Å². The van der Waals surface area contributed by atoms with E-state index in [0.717, 1.165) is 38.2 Å². The number of hydrogen-bond acceptors (Lipinski definition) is 4. The molecule has 1 saturated heterocycles. The van der Waals surface area contributed by atoms with Gasteiger partial charge >= 0.3 is 0 Å². The molecule has 2 rings (SSSR count). The Bertz CT molecular complexity index is 305. The zero-order valence-electron chi connectivity index (χ0n) is 9.38. The van der Waals surface area contributed by atoms with Crippen LogP contribution in [0.1, 0.15) is 12.8 Å². The van der Waals surface area contributed by atoms with Gasteiger partial charge in [-0.05, 0) is 25.0 Å². The molecule has 0 saturated carbocycles. The largest absolute Gasteiger partial charge is 0.487 e. The van der Waals surface area contributed by atoms with E-state index in [1.807, 2.05) is 12.1 Å². The molecule has 0 bridgehead atoms. The molecule has 1 atom stereocenters. The molecule has 88 valence electrons. The third kappa shape index (κ3) is 3.18. The van der Waals surface area contributed by atoms with Gasteiger partial charge in [0.2, 0.25) is 0 Å². The molecule has 0 aliphatic carbocycles. The Balaban J connectivity index is 1.76. The van der Waals surface area contributed by atoms with Crippen LogP contribution in [0.3, 0.4) is 0 Å². The Labute approximate surface area is 95.9 Å². The molecule has 4 nitrogen and oxygen atoms in total. The van der Waals surface area contributed by atoms with Crippen LogP contribution in [-0.4, -0.2) is 47.3 Å². The second kappa shape index (κ2) is 5.82. The van der Waals surface area contributed by atoms with Crippen LogP contribution in [0.15, 0.2) is 24.5 Å². The predicted octanol–water partition coefficient (Wildman–Crippen LogP) is 0.917. The van der Waals surface area contributed by atoms with Gasteiger partial charge in [0.1, 0.15) is 11.9 Å². The van der Waals surface area contributed by atoms with Crippen LogP contribution in [0.5, 0.6) is 5.75 Å². The molecule has 1 aromatic rings. The standard InChI is InChI=1S/C12H18N2O2/c15-8-2-6-14-7-4-12(10-14)16-11-3-1-5-13-9-11/h1,3,5,9,12,15H,2,4,6-8,10H2. The molecule has 2 heterocycles. The van der Waals surface area contributed by atoms with E-state index < -0.39 is 0 Å². The van der Waals surface area contributed by atoms with Crippen LogP contribution in [0.4, 0.5) is 0 Å². The van der Waals surface area contributed by atoms with Gasteiger partial charge in [-0.25, -0.2) is 0 Å². The van der Waals surface area contributed by atoms with Gasteiger partial charge in [0, 0.05) is 32.4 Å². The third-order valence-electron chi connectivity index (χ3n) is 2.80. The summed E-state index contributed by atoms with van der Waals surface area (Å²) in [5, 5.41) is 8.76. The maximum absolute atomic E-state index is 8.76. The van der Waals surface area contributed by atoms with Crippen LogP contribution in [0.25, 0.3) is 0 Å². The van der Waals surface area contributed by atoms with Crippen molar-refractivity contribution in [2.24, 2.45) is 0 Å². The van der Waals surface area contributed by atoms with E-state index in [4.69, 9.17) is 9.84 Å². The SMILES string of the molecule is OCCCN1CCC(Oc2cccnc2)C1. The summed E-state index contributed by atoms with van der Waals surface area (Å²) >= 11 is 0. The first-order valence-electron chi connectivity index (χ1n) is 5.78. The van der Waals surface area contributed by atoms with E-state index in [0.29, 0.717) is 0 Å². The van der Waals surface area contributed by atoms with E-state index in [2.05, 4.69) is 9.88 Å². The highest BCUT2D eigenvalue weighted by Gasteiger charge is 2.23. The number of ether oxygens (including phenoxy) is 1. The molecule has 16 heavy (non-hydrogen) atoms. The van der Waals surface area contributed by atoms with Crippen molar-refractivity contribution in [2.45, 2.75) is 18.9 Å². The Hall–Kier alpha value is -1.13. The van der Waals surface area contributed by atoms with Crippen molar-refractivity contribution in [3.05, 3.63) is 24.5 Å². The fourth-order valence-corrected chi connectivity index (χ4v) is 2.00. The second-order valence-electron chi connectivity index (χ2n) is 4.10. The first-order valence-corrected chi connectivity index (χ1v) is 5.78. The quantitative estimate of drug-likeness (QED) is 0.804. The number of aromatic nitrogens is 1. The molecular weight excluding hydrogens is 204 g/mol. The van der Waals surface area contributed by atoms with Crippen molar-refractivity contribution in [1.82, 2.24) is 9.88 Å². The summed E-state index contributed by atoms with van der Waals surface area (Å²) in [7, 11) is 0. The Kier molecular flexibility index (Phi) is 4.13. The molecule has 1 aliphatic rings. The number of aliphatic hydroxyl groups excluding tert-OH is 1. The van der Waals surface area contributed by atoms with E-state index in [1.54, 1.807) is 12.4 Å². The molecule has 4 heteroatoms. The summed E-state index contributed by atoms with van der Waals surface area (Å²) in [6.07, 6.45) is 5.66. The summed E-state index contributed by atoms with van der Waals surface area (Å²) in [4.78, 5) is 6.35. The summed E-state index contributed by atoms with van der Waals surface area (Å²) < 4.78 is 5.82. The van der Waals surface area contributed by atoms with Crippen molar-refractivity contribution in [1.29, 1.82) is 0 Å². The van der Waals surface area contributed by atoms with E-state index in [1.165, 1.54) is 0 Å². The molecular formula is C12H18N2O2. The number of pyridine rings is 1. The molecule has 0 amide bonds. The van der Waals surface area contributed by atoms with Crippen molar-refractivity contribution in [3.8, 4) is 5.75 Å². The zero-order chi connectivity index (χ0) is 11.2. The van der Waals surface area contributed by atoms with E-state index in [9.17, 15) is 0 Å². The van der Waals surface area contributed by atoms with Gasteiger partial charge in [0.25, 0.3) is 0 Å². The fraction of sp³-hybridized carbons (Fsp3) is 0.583. The summed E-state index contributed by atoms with van der Waals surface area (Å²) in [6, 6.07) is 3.82. The molecule has 1 N–H and O–H groups in total. The van der Waals surface area contributed by atoms with Crippen molar-refractivity contribution in [2.75, 3.05) is 26.2 Å². The molecule has 0 spiro atoms. The zero-order valence-corrected chi connectivity index (χ0v) is 9.38. The summed E-state index contributed by atoms with van der Waals surface area (Å²) in [6.45, 7) is 3.24. The first-order chi connectivity index (χ1) is 7.88. The van der Waals surface area contributed by atoms with Crippen LogP contribution >= 0.6 is 0 Å². The van der Waals surface area contributed by atoms with Gasteiger partial charge in [-0.2, -0.15) is 0 Å². The lowest BCUT2D eigenvalue weighted by Gasteiger charge is -2.16. The van der Waals surface area contributed by atoms with Gasteiger partial charge in [-0.3, -0.25) is 9.88 Å². The number of rotatable bonds is 5. The fourth-order valence-electron chi connectivity index (χ4n) is 2.00. The van der Waals surface area contributed by atoms with Crippen LogP contribution in [0.2, 0.25) is 0 Å². The molecule has 0 radical (unpaired) electrons. The number of likely N-dealkylation sites (tertiary alicyclic amines) is 1. The van der Waals surface area contributed by atoms with E-state index in [-0.39, 0.29) is 12.7 Å². The van der Waals surface area contributed by atoms with Crippen molar-refractivity contribution < 1.29 is 9.84 Å². The molecule has 0 aromatic carbocycles. The molecule has 1 aliphatic heterocycles. The monoisotopic (exact) mass is 222 g/mol. The number of aliphatic hydroxyl groups is 1. The normalized spacial score (nSPS) is 21.2. The second-order valence-corrected chi connectivity index (χ2v) is 4.10. The Morgan fingerprint density at radius 1 is 1.56 bits per heavy atom. The lowest BCUT2D eigenvalue weighted by Crippen LogP contribution is -2.26. The highest BCUT2D eigenvalue weighted by molar-refractivity contribution is 5.16. The lowest BCUT2D eigenvalue weighted by atomic mass is 10.3. The maximum atomic E-state index is 8.76. The highest BCUT2D eigenvalue weighted by Crippen LogP contribution is 2.17. The topological polar surface area (TPSA) is 45.6 Å². The highest BCUT2D eigenvalue weighted by atomic mass is 16.5. The Morgan fingerprint density at radius 3 is 3.25 bits per heavy atom. The number of hydrogen-bond donors (Lipinski definition) is 1. The van der Waals surface area contributed by atoms with Crippen LogP contribution < -0.4 is 4.74 Å². The first kappa shape index (κ1) is 11.4. The summed E-state index contributed by atoms with van der Waals surface area (Å²) in [5.74, 6) is 0.844. The minimum Gasteiger partial charge on any atom is -0.487 e. The van der Waals surface area contributed by atoms with Gasteiger partial charge < -0.3 is 9.84 Å². The lowest BCUT2D eigenvalue weighted by molar-refractivity contribution is 0.192. The van der Waals surface area contributed by atoms with Gasteiger partial charge in [0.15, 0.2) is 0 Å². The average molecular weight is 222 g/mol. The van der Waals surface area contributed by atoms with Gasteiger partial charge in [-0.15, -0.1) is 0 Å². The minimum absolute atomic E-state index is 0.267. The third-order valence-corrected chi connectivity index (χ3v) is 2.80. The summed E-state index contributed by atoms with van der Waals surface area (Å²) in [5.41, 5.74) is 0. The molecule has 1 unspecified atom stereocenters. The predicted molar refractivity (Wildman–Crippen MR) is 61.4 cm³/mol. The van der Waals surface area contributed by atoms with Crippen molar-refractivity contribution in [3.63, 3.8) is 0 Å². The van der Waals surface area contributed by atoms with Crippen LogP contribution in [-0.2, 0) is 0 Å².